The van der Waals surface area contributed by atoms with Gasteiger partial charge in [-0.25, -0.2) is 0 Å². The first-order valence-electron chi connectivity index (χ1n) is 7.21. The molecule has 21 heavy (non-hydrogen) atoms. The lowest BCUT2D eigenvalue weighted by Crippen LogP contribution is -2.05. The molecule has 0 saturated carbocycles. The summed E-state index contributed by atoms with van der Waals surface area (Å²) in [5, 5.41) is 3.54. The number of anilines is 1. The molecule has 0 atom stereocenters. The first-order chi connectivity index (χ1) is 10.4. The van der Waals surface area contributed by atoms with Gasteiger partial charge in [-0.05, 0) is 35.7 Å². The minimum atomic E-state index is 0.911. The Morgan fingerprint density at radius 3 is 2.29 bits per heavy atom. The molecule has 0 unspecified atom stereocenters. The number of benzene rings is 2. The highest BCUT2D eigenvalue weighted by atomic mass is 14.9. The molecule has 2 nitrogen and oxygen atoms in total. The van der Waals surface area contributed by atoms with Crippen LogP contribution in [0.2, 0.25) is 0 Å². The van der Waals surface area contributed by atoms with Crippen molar-refractivity contribution in [2.24, 2.45) is 0 Å². The molecule has 0 saturated heterocycles. The standard InChI is InChI=1S/C19H18N2/c1-2-6-17(7-3-1)18-8-4-5-9-19(18)21-15-12-16-10-13-20-14-11-16/h1-11,13-14,21H,12,15H2. The first kappa shape index (κ1) is 13.4. The molecular formula is C19H18N2. The summed E-state index contributed by atoms with van der Waals surface area (Å²) < 4.78 is 0. The summed E-state index contributed by atoms with van der Waals surface area (Å²) in [7, 11) is 0. The molecule has 0 fully saturated rings. The lowest BCUT2D eigenvalue weighted by molar-refractivity contribution is 1.01. The van der Waals surface area contributed by atoms with E-state index in [1.165, 1.54) is 22.4 Å². The largest absolute Gasteiger partial charge is 0.384 e. The van der Waals surface area contributed by atoms with Crippen molar-refractivity contribution >= 4 is 5.69 Å². The fourth-order valence-corrected chi connectivity index (χ4v) is 2.40. The molecule has 1 heterocycles. The molecule has 3 aromatic rings. The van der Waals surface area contributed by atoms with Crippen LogP contribution in [-0.4, -0.2) is 11.5 Å². The molecule has 1 aromatic heterocycles. The van der Waals surface area contributed by atoms with Crippen molar-refractivity contribution in [1.29, 1.82) is 0 Å². The number of hydrogen-bond donors (Lipinski definition) is 1. The molecule has 1 N–H and O–H groups in total. The summed E-state index contributed by atoms with van der Waals surface area (Å²) in [6.45, 7) is 0.911. The van der Waals surface area contributed by atoms with Crippen molar-refractivity contribution in [3.05, 3.63) is 84.7 Å². The van der Waals surface area contributed by atoms with Crippen LogP contribution in [0.15, 0.2) is 79.1 Å². The maximum Gasteiger partial charge on any atom is 0.0419 e. The van der Waals surface area contributed by atoms with Crippen LogP contribution in [0.25, 0.3) is 11.1 Å². The highest BCUT2D eigenvalue weighted by Gasteiger charge is 2.03. The lowest BCUT2D eigenvalue weighted by Gasteiger charge is -2.12. The number of para-hydroxylation sites is 1. The summed E-state index contributed by atoms with van der Waals surface area (Å²) in [4.78, 5) is 4.04. The molecule has 0 spiro atoms. The van der Waals surface area contributed by atoms with Crippen molar-refractivity contribution in [1.82, 2.24) is 4.98 Å². The maximum absolute atomic E-state index is 4.04. The normalized spacial score (nSPS) is 10.3. The summed E-state index contributed by atoms with van der Waals surface area (Å²) in [6, 6.07) is 23.0. The molecule has 104 valence electrons. The Bertz CT molecular complexity index is 678. The van der Waals surface area contributed by atoms with Crippen molar-refractivity contribution in [3.8, 4) is 11.1 Å². The quantitative estimate of drug-likeness (QED) is 0.745. The van der Waals surface area contributed by atoms with Crippen molar-refractivity contribution in [3.63, 3.8) is 0 Å². The van der Waals surface area contributed by atoms with Crippen molar-refractivity contribution in [2.45, 2.75) is 6.42 Å². The molecular weight excluding hydrogens is 256 g/mol. The van der Waals surface area contributed by atoms with Gasteiger partial charge in [0.25, 0.3) is 0 Å². The molecule has 2 heteroatoms. The average molecular weight is 274 g/mol. The number of rotatable bonds is 5. The Balaban J connectivity index is 1.71. The summed E-state index contributed by atoms with van der Waals surface area (Å²) in [5.74, 6) is 0. The van der Waals surface area contributed by atoms with Gasteiger partial charge in [-0.1, -0.05) is 48.5 Å². The maximum atomic E-state index is 4.04. The van der Waals surface area contributed by atoms with Crippen LogP contribution in [0, 0.1) is 0 Å². The van der Waals surface area contributed by atoms with Gasteiger partial charge in [-0.3, -0.25) is 4.98 Å². The van der Waals surface area contributed by atoms with Gasteiger partial charge in [0.05, 0.1) is 0 Å². The number of aromatic nitrogens is 1. The number of hydrogen-bond acceptors (Lipinski definition) is 2. The molecule has 2 aromatic carbocycles. The predicted octanol–water partition coefficient (Wildman–Crippen LogP) is 4.40. The van der Waals surface area contributed by atoms with Gasteiger partial charge in [0, 0.05) is 30.2 Å². The van der Waals surface area contributed by atoms with Gasteiger partial charge in [-0.2, -0.15) is 0 Å². The van der Waals surface area contributed by atoms with Gasteiger partial charge in [0.15, 0.2) is 0 Å². The predicted molar refractivity (Wildman–Crippen MR) is 88.3 cm³/mol. The zero-order valence-corrected chi connectivity index (χ0v) is 11.9. The van der Waals surface area contributed by atoms with Crippen molar-refractivity contribution in [2.75, 3.05) is 11.9 Å². The second-order valence-corrected chi connectivity index (χ2v) is 4.94. The fourth-order valence-electron chi connectivity index (χ4n) is 2.40. The molecule has 3 rings (SSSR count). The van der Waals surface area contributed by atoms with Crippen LogP contribution in [-0.2, 0) is 6.42 Å². The lowest BCUT2D eigenvalue weighted by atomic mass is 10.0. The van der Waals surface area contributed by atoms with E-state index in [2.05, 4.69) is 71.0 Å². The Hall–Kier alpha value is -2.61. The van der Waals surface area contributed by atoms with Crippen LogP contribution in [0.1, 0.15) is 5.56 Å². The van der Waals surface area contributed by atoms with E-state index in [1.807, 2.05) is 18.5 Å². The number of nitrogens with one attached hydrogen (secondary N) is 1. The average Bonchev–Trinajstić information content (AvgIpc) is 2.57. The highest BCUT2D eigenvalue weighted by molar-refractivity contribution is 5.77. The van der Waals surface area contributed by atoms with Crippen LogP contribution >= 0.6 is 0 Å². The van der Waals surface area contributed by atoms with E-state index in [1.54, 1.807) is 0 Å². The van der Waals surface area contributed by atoms with E-state index in [0.717, 1.165) is 13.0 Å². The molecule has 0 amide bonds. The Kier molecular flexibility index (Phi) is 4.27. The number of pyridine rings is 1. The van der Waals surface area contributed by atoms with Gasteiger partial charge in [0.1, 0.15) is 0 Å². The second-order valence-electron chi connectivity index (χ2n) is 4.94. The van der Waals surface area contributed by atoms with E-state index >= 15 is 0 Å². The van der Waals surface area contributed by atoms with E-state index < -0.39 is 0 Å². The third kappa shape index (κ3) is 3.48. The van der Waals surface area contributed by atoms with Crippen LogP contribution in [0.4, 0.5) is 5.69 Å². The molecule has 0 radical (unpaired) electrons. The van der Waals surface area contributed by atoms with Gasteiger partial charge in [0.2, 0.25) is 0 Å². The Morgan fingerprint density at radius 2 is 1.48 bits per heavy atom. The number of nitrogens with zero attached hydrogens (tertiary/aromatic N) is 1. The first-order valence-corrected chi connectivity index (χ1v) is 7.21. The highest BCUT2D eigenvalue weighted by Crippen LogP contribution is 2.27. The molecule has 0 aliphatic carbocycles. The minimum Gasteiger partial charge on any atom is -0.384 e. The van der Waals surface area contributed by atoms with E-state index in [0.29, 0.717) is 0 Å². The van der Waals surface area contributed by atoms with Crippen molar-refractivity contribution < 1.29 is 0 Å². The SMILES string of the molecule is c1ccc(-c2ccccc2NCCc2ccncc2)cc1. The van der Waals surface area contributed by atoms with E-state index in [4.69, 9.17) is 0 Å². The van der Waals surface area contributed by atoms with Crippen LogP contribution < -0.4 is 5.32 Å². The monoisotopic (exact) mass is 274 g/mol. The van der Waals surface area contributed by atoms with Gasteiger partial charge >= 0.3 is 0 Å². The van der Waals surface area contributed by atoms with Crippen LogP contribution in [0.3, 0.4) is 0 Å². The minimum absolute atomic E-state index is 0.911. The zero-order chi connectivity index (χ0) is 14.3. The smallest absolute Gasteiger partial charge is 0.0419 e. The molecule has 0 aliphatic rings. The topological polar surface area (TPSA) is 24.9 Å². The third-order valence-electron chi connectivity index (χ3n) is 3.49. The summed E-state index contributed by atoms with van der Waals surface area (Å²) in [6.07, 6.45) is 4.67. The van der Waals surface area contributed by atoms with E-state index in [-0.39, 0.29) is 0 Å². The third-order valence-corrected chi connectivity index (χ3v) is 3.49. The molecule has 0 bridgehead atoms. The van der Waals surface area contributed by atoms with Gasteiger partial charge < -0.3 is 5.32 Å². The van der Waals surface area contributed by atoms with E-state index in [9.17, 15) is 0 Å². The fraction of sp³-hybridized carbons (Fsp3) is 0.105. The van der Waals surface area contributed by atoms with Crippen LogP contribution in [0.5, 0.6) is 0 Å². The Morgan fingerprint density at radius 1 is 0.762 bits per heavy atom. The summed E-state index contributed by atoms with van der Waals surface area (Å²) >= 11 is 0. The zero-order valence-electron chi connectivity index (χ0n) is 11.9. The van der Waals surface area contributed by atoms with Gasteiger partial charge in [-0.15, -0.1) is 0 Å². The Labute approximate surface area is 125 Å². The second kappa shape index (κ2) is 6.71. The molecule has 0 aliphatic heterocycles. The summed E-state index contributed by atoms with van der Waals surface area (Å²) in [5.41, 5.74) is 4.96.